The van der Waals surface area contributed by atoms with Gasteiger partial charge in [-0.2, -0.15) is 0 Å². The van der Waals surface area contributed by atoms with Crippen molar-refractivity contribution in [3.8, 4) is 5.75 Å². The molecule has 1 atom stereocenters. The van der Waals surface area contributed by atoms with E-state index in [1.807, 2.05) is 12.1 Å². The molecule has 3 aromatic carbocycles. The van der Waals surface area contributed by atoms with E-state index in [1.165, 1.54) is 23.9 Å². The zero-order valence-corrected chi connectivity index (χ0v) is 20.8. The molecule has 36 heavy (non-hydrogen) atoms. The summed E-state index contributed by atoms with van der Waals surface area (Å²) in [5, 5.41) is 12.1. The summed E-state index contributed by atoms with van der Waals surface area (Å²) in [6, 6.07) is 20.2. The maximum Gasteiger partial charge on any atom is 0.335 e. The highest BCUT2D eigenvalue weighted by atomic mass is 35.5. The van der Waals surface area contributed by atoms with E-state index in [0.29, 0.717) is 27.3 Å². The van der Waals surface area contributed by atoms with E-state index < -0.39 is 17.1 Å². The van der Waals surface area contributed by atoms with Gasteiger partial charge in [-0.1, -0.05) is 41.6 Å². The van der Waals surface area contributed by atoms with Crippen LogP contribution in [0.15, 0.2) is 77.8 Å². The largest absolute Gasteiger partial charge is 0.497 e. The number of amidine groups is 1. The number of aromatic carboxylic acids is 1. The Hall–Kier alpha value is -3.82. The van der Waals surface area contributed by atoms with Gasteiger partial charge in [0.1, 0.15) is 11.0 Å². The topological polar surface area (TPSA) is 108 Å². The number of hydrogen-bond donors (Lipinski definition) is 2. The van der Waals surface area contributed by atoms with Crippen LogP contribution in [0.2, 0.25) is 5.02 Å². The molecule has 1 heterocycles. The molecule has 0 aliphatic carbocycles. The minimum absolute atomic E-state index is 0.0374. The van der Waals surface area contributed by atoms with Crippen molar-refractivity contribution in [3.63, 3.8) is 0 Å². The summed E-state index contributed by atoms with van der Waals surface area (Å²) in [4.78, 5) is 43.7. The normalized spacial score (nSPS) is 16.6. The van der Waals surface area contributed by atoms with E-state index in [9.17, 15) is 19.5 Å². The molecule has 0 spiro atoms. The van der Waals surface area contributed by atoms with Crippen molar-refractivity contribution in [3.05, 3.63) is 88.9 Å². The molecule has 0 radical (unpaired) electrons. The number of thioether (sulfide) groups is 1. The minimum Gasteiger partial charge on any atom is -0.497 e. The molecule has 10 heteroatoms. The Labute approximate surface area is 216 Å². The number of benzene rings is 3. The predicted molar refractivity (Wildman–Crippen MR) is 140 cm³/mol. The molecule has 0 bridgehead atoms. The minimum atomic E-state index is -1.10. The number of ether oxygens (including phenoxy) is 1. The Kier molecular flexibility index (Phi) is 7.92. The second-order valence-corrected chi connectivity index (χ2v) is 9.49. The van der Waals surface area contributed by atoms with Crippen molar-refractivity contribution in [1.82, 2.24) is 4.90 Å². The van der Waals surface area contributed by atoms with Gasteiger partial charge in [0.25, 0.3) is 0 Å². The first-order valence-corrected chi connectivity index (χ1v) is 12.2. The van der Waals surface area contributed by atoms with Gasteiger partial charge in [-0.05, 0) is 60.2 Å². The van der Waals surface area contributed by atoms with Crippen LogP contribution in [0.5, 0.6) is 5.75 Å². The highest BCUT2D eigenvalue weighted by Gasteiger charge is 2.36. The zero-order chi connectivity index (χ0) is 25.7. The number of carbonyl (C=O) groups is 3. The molecule has 0 saturated carbocycles. The molecule has 1 aliphatic heterocycles. The first kappa shape index (κ1) is 25.3. The maximum atomic E-state index is 13.2. The molecule has 1 fully saturated rings. The van der Waals surface area contributed by atoms with Gasteiger partial charge in [-0.3, -0.25) is 14.5 Å². The molecule has 2 amide bonds. The van der Waals surface area contributed by atoms with Crippen molar-refractivity contribution >= 4 is 57.7 Å². The van der Waals surface area contributed by atoms with Gasteiger partial charge < -0.3 is 15.2 Å². The fourth-order valence-electron chi connectivity index (χ4n) is 3.49. The van der Waals surface area contributed by atoms with Gasteiger partial charge in [0, 0.05) is 17.1 Å². The Morgan fingerprint density at radius 1 is 1.14 bits per heavy atom. The van der Waals surface area contributed by atoms with E-state index in [-0.39, 0.29) is 24.4 Å². The highest BCUT2D eigenvalue weighted by Crippen LogP contribution is 2.31. The lowest BCUT2D eigenvalue weighted by atomic mass is 10.1. The number of anilines is 1. The van der Waals surface area contributed by atoms with Crippen LogP contribution >= 0.6 is 23.4 Å². The third kappa shape index (κ3) is 6.24. The number of rotatable bonds is 7. The second kappa shape index (κ2) is 11.3. The zero-order valence-electron chi connectivity index (χ0n) is 19.2. The predicted octanol–water partition coefficient (Wildman–Crippen LogP) is 5.21. The monoisotopic (exact) mass is 523 g/mol. The summed E-state index contributed by atoms with van der Waals surface area (Å²) in [6.45, 7) is 0.271. The third-order valence-electron chi connectivity index (χ3n) is 5.36. The van der Waals surface area contributed by atoms with Crippen molar-refractivity contribution in [1.29, 1.82) is 0 Å². The number of carbonyl (C=O) groups excluding carboxylic acids is 2. The van der Waals surface area contributed by atoms with E-state index in [4.69, 9.17) is 16.3 Å². The molecule has 4 rings (SSSR count). The lowest BCUT2D eigenvalue weighted by molar-refractivity contribution is -0.129. The number of halogens is 1. The molecule has 3 aromatic rings. The number of carboxylic acid groups (broad SMARTS) is 1. The molecular weight excluding hydrogens is 502 g/mol. The number of carboxylic acids is 1. The lowest BCUT2D eigenvalue weighted by Crippen LogP contribution is -2.44. The smallest absolute Gasteiger partial charge is 0.335 e. The molecule has 1 unspecified atom stereocenters. The summed E-state index contributed by atoms with van der Waals surface area (Å²) in [6.07, 6.45) is -0.0374. The van der Waals surface area contributed by atoms with Gasteiger partial charge in [0.15, 0.2) is 5.17 Å². The lowest BCUT2D eigenvalue weighted by Gasteiger charge is -2.32. The summed E-state index contributed by atoms with van der Waals surface area (Å²) < 4.78 is 5.20. The number of nitrogens with zero attached hydrogens (tertiary/aromatic N) is 2. The molecule has 0 aromatic heterocycles. The number of aliphatic imine (C=N–C) groups is 1. The summed E-state index contributed by atoms with van der Waals surface area (Å²) in [7, 11) is 1.57. The van der Waals surface area contributed by atoms with E-state index in [0.717, 1.165) is 5.56 Å². The Bertz CT molecular complexity index is 1310. The van der Waals surface area contributed by atoms with Gasteiger partial charge in [0.05, 0.1) is 24.9 Å². The fraction of sp³-hybridized carbons (Fsp3) is 0.154. The van der Waals surface area contributed by atoms with E-state index in [1.54, 1.807) is 60.5 Å². The number of hydrogen-bond acceptors (Lipinski definition) is 6. The van der Waals surface area contributed by atoms with Crippen LogP contribution in [0, 0.1) is 0 Å². The van der Waals surface area contributed by atoms with Crippen LogP contribution in [-0.2, 0) is 16.1 Å². The Morgan fingerprint density at radius 3 is 2.53 bits per heavy atom. The average molecular weight is 524 g/mol. The molecule has 184 valence electrons. The average Bonchev–Trinajstić information content (AvgIpc) is 2.87. The molecule has 1 saturated heterocycles. The summed E-state index contributed by atoms with van der Waals surface area (Å²) in [5.41, 5.74) is 1.85. The number of amides is 2. The maximum absolute atomic E-state index is 13.2. The third-order valence-corrected chi connectivity index (χ3v) is 6.80. The second-order valence-electron chi connectivity index (χ2n) is 7.88. The van der Waals surface area contributed by atoms with Gasteiger partial charge in [-0.15, -0.1) is 0 Å². The van der Waals surface area contributed by atoms with Crippen LogP contribution in [0.3, 0.4) is 0 Å². The quantitative estimate of drug-likeness (QED) is 0.440. The summed E-state index contributed by atoms with van der Waals surface area (Å²) in [5.74, 6) is -1.09. The van der Waals surface area contributed by atoms with Crippen LogP contribution in [0.4, 0.5) is 11.4 Å². The van der Waals surface area contributed by atoms with Crippen molar-refractivity contribution in [2.45, 2.75) is 18.2 Å². The van der Waals surface area contributed by atoms with Crippen molar-refractivity contribution in [2.75, 3.05) is 12.4 Å². The molecule has 8 nitrogen and oxygen atoms in total. The summed E-state index contributed by atoms with van der Waals surface area (Å²) >= 11 is 7.17. The van der Waals surface area contributed by atoms with E-state index in [2.05, 4.69) is 10.3 Å². The van der Waals surface area contributed by atoms with Crippen LogP contribution < -0.4 is 10.1 Å². The van der Waals surface area contributed by atoms with Crippen LogP contribution in [-0.4, -0.2) is 45.3 Å². The van der Waals surface area contributed by atoms with Crippen LogP contribution in [0.1, 0.15) is 22.3 Å². The number of nitrogens with one attached hydrogen (secondary N) is 1. The molecular formula is C26H22ClN3O5S. The molecule has 1 aliphatic rings. The van der Waals surface area contributed by atoms with Gasteiger partial charge in [0.2, 0.25) is 11.8 Å². The number of methoxy groups -OCH3 is 1. The Balaban J connectivity index is 1.59. The van der Waals surface area contributed by atoms with E-state index >= 15 is 0 Å². The molecule has 2 N–H and O–H groups in total. The van der Waals surface area contributed by atoms with Crippen LogP contribution in [0.25, 0.3) is 0 Å². The first-order chi connectivity index (χ1) is 17.3. The standard InChI is InChI=1S/C26H22ClN3O5S/c1-35-21-11-9-19(10-12-21)29-26-30(15-16-5-7-18(27)8-6-16)23(31)14-22(36-26)24(32)28-20-4-2-3-17(13-20)25(33)34/h2-13,22H,14-15H2,1H3,(H,28,32)(H,33,34). The first-order valence-electron chi connectivity index (χ1n) is 10.9. The Morgan fingerprint density at radius 2 is 1.86 bits per heavy atom. The highest BCUT2D eigenvalue weighted by molar-refractivity contribution is 8.15. The fourth-order valence-corrected chi connectivity index (χ4v) is 4.71. The van der Waals surface area contributed by atoms with Gasteiger partial charge >= 0.3 is 5.97 Å². The van der Waals surface area contributed by atoms with Crippen molar-refractivity contribution < 1.29 is 24.2 Å². The van der Waals surface area contributed by atoms with Crippen molar-refractivity contribution in [2.24, 2.45) is 4.99 Å². The van der Waals surface area contributed by atoms with Gasteiger partial charge in [-0.25, -0.2) is 9.79 Å². The SMILES string of the molecule is COc1ccc(N=C2SC(C(=O)Nc3cccc(C(=O)O)c3)CC(=O)N2Cc2ccc(Cl)cc2)cc1.